The van der Waals surface area contributed by atoms with Crippen molar-refractivity contribution < 1.29 is 19.4 Å². The maximum atomic E-state index is 11.6. The van der Waals surface area contributed by atoms with Gasteiger partial charge in [0, 0.05) is 32.3 Å². The molecule has 0 aliphatic heterocycles. The number of allylic oxidation sites excluding steroid dienone is 3. The Hall–Kier alpha value is -1.13. The van der Waals surface area contributed by atoms with Gasteiger partial charge in [-0.25, -0.2) is 0 Å². The molecular weight excluding hydrogens is 316 g/mol. The average molecular weight is 355 g/mol. The summed E-state index contributed by atoms with van der Waals surface area (Å²) in [5, 5.41) is 10.6. The lowest BCUT2D eigenvalue weighted by Gasteiger charge is -2.34. The van der Waals surface area contributed by atoms with E-state index in [0.717, 1.165) is 12.8 Å². The lowest BCUT2D eigenvalue weighted by molar-refractivity contribution is -0.155. The number of carbonyl (C=O) groups is 1. The highest BCUT2D eigenvalue weighted by Gasteiger charge is 2.33. The van der Waals surface area contributed by atoms with Gasteiger partial charge in [0.15, 0.2) is 0 Å². The van der Waals surface area contributed by atoms with Crippen LogP contribution in [-0.4, -0.2) is 36.5 Å². The van der Waals surface area contributed by atoms with Gasteiger partial charge in [0.25, 0.3) is 0 Å². The minimum Gasteiger partial charge on any atom is -0.462 e. The van der Waals surface area contributed by atoms with Crippen molar-refractivity contribution in [1.29, 1.82) is 0 Å². The summed E-state index contributed by atoms with van der Waals surface area (Å²) in [6.45, 7) is 11.6. The highest BCUT2D eigenvalue weighted by Crippen LogP contribution is 2.28. The third kappa shape index (κ3) is 8.68. The fourth-order valence-corrected chi connectivity index (χ4v) is 3.44. The number of ether oxygens (including phenoxy) is 2. The number of hydrogen-bond donors (Lipinski definition) is 1. The predicted octanol–water partition coefficient (Wildman–Crippen LogP) is 4.52. The Morgan fingerprint density at radius 3 is 2.28 bits per heavy atom. The molecule has 0 amide bonds. The zero-order chi connectivity index (χ0) is 19.4. The van der Waals surface area contributed by atoms with E-state index in [0.29, 0.717) is 12.3 Å². The van der Waals surface area contributed by atoms with Crippen LogP contribution in [-0.2, 0) is 14.3 Å². The lowest BCUT2D eigenvalue weighted by atomic mass is 9.83. The summed E-state index contributed by atoms with van der Waals surface area (Å²) in [6.07, 6.45) is 9.34. The van der Waals surface area contributed by atoms with Gasteiger partial charge in [-0.1, -0.05) is 45.1 Å². The standard InChI is InChI=1S/C21H38O4/c1-8-11-13-15(4)21(24-7)16(5)20(25-17(6)22)14-19(23)18(10-3)12-9-2/h8-9,11-12,15-16,18-21,23H,10,13-14H2,1-7H3/b11-8+,12-9?/t15-,16-,18+,19+,20+,21+/m0/s1. The number of esters is 1. The lowest BCUT2D eigenvalue weighted by Crippen LogP contribution is -2.40. The molecule has 0 saturated heterocycles. The van der Waals surface area contributed by atoms with Crippen LogP contribution in [0.1, 0.15) is 60.8 Å². The van der Waals surface area contributed by atoms with Crippen molar-refractivity contribution in [3.05, 3.63) is 24.3 Å². The molecule has 1 N–H and O–H groups in total. The molecule has 0 aromatic rings. The monoisotopic (exact) mass is 354 g/mol. The Kier molecular flexibility index (Phi) is 12.5. The second-order valence-corrected chi connectivity index (χ2v) is 6.89. The second kappa shape index (κ2) is 13.1. The van der Waals surface area contributed by atoms with E-state index in [4.69, 9.17) is 9.47 Å². The van der Waals surface area contributed by atoms with E-state index in [9.17, 15) is 9.90 Å². The Labute approximate surface area is 154 Å². The number of carbonyl (C=O) groups excluding carboxylic acids is 1. The van der Waals surface area contributed by atoms with Crippen LogP contribution in [0.5, 0.6) is 0 Å². The van der Waals surface area contributed by atoms with Gasteiger partial charge in [-0.2, -0.15) is 0 Å². The topological polar surface area (TPSA) is 55.8 Å². The average Bonchev–Trinajstić information content (AvgIpc) is 2.57. The van der Waals surface area contributed by atoms with Crippen molar-refractivity contribution >= 4 is 5.97 Å². The molecule has 0 aromatic heterocycles. The molecule has 146 valence electrons. The first kappa shape index (κ1) is 23.9. The van der Waals surface area contributed by atoms with Crippen LogP contribution in [0.2, 0.25) is 0 Å². The van der Waals surface area contributed by atoms with E-state index in [2.05, 4.69) is 19.9 Å². The number of aliphatic hydroxyl groups excluding tert-OH is 1. The number of methoxy groups -OCH3 is 1. The van der Waals surface area contributed by atoms with Crippen LogP contribution in [0.25, 0.3) is 0 Å². The minimum atomic E-state index is -0.545. The summed E-state index contributed by atoms with van der Waals surface area (Å²) < 4.78 is 11.3. The van der Waals surface area contributed by atoms with Gasteiger partial charge in [0.05, 0.1) is 12.2 Å². The molecule has 0 unspecified atom stereocenters. The molecule has 0 aliphatic carbocycles. The number of aliphatic hydroxyl groups is 1. The van der Waals surface area contributed by atoms with Gasteiger partial charge in [-0.15, -0.1) is 0 Å². The van der Waals surface area contributed by atoms with E-state index in [1.54, 1.807) is 7.11 Å². The largest absolute Gasteiger partial charge is 0.462 e. The smallest absolute Gasteiger partial charge is 0.302 e. The van der Waals surface area contributed by atoms with Crippen LogP contribution in [0, 0.1) is 17.8 Å². The second-order valence-electron chi connectivity index (χ2n) is 6.89. The molecule has 0 aliphatic rings. The van der Waals surface area contributed by atoms with Crippen LogP contribution >= 0.6 is 0 Å². The third-order valence-corrected chi connectivity index (χ3v) is 4.88. The zero-order valence-electron chi connectivity index (χ0n) is 17.1. The molecule has 0 rings (SSSR count). The molecule has 6 atom stereocenters. The van der Waals surface area contributed by atoms with E-state index in [-0.39, 0.29) is 30.0 Å². The third-order valence-electron chi connectivity index (χ3n) is 4.88. The molecule has 4 heteroatoms. The first-order valence-electron chi connectivity index (χ1n) is 9.44. The Bertz CT molecular complexity index is 416. The van der Waals surface area contributed by atoms with Crippen molar-refractivity contribution in [2.45, 2.75) is 79.1 Å². The van der Waals surface area contributed by atoms with Gasteiger partial charge in [-0.05, 0) is 32.6 Å². The molecule has 0 spiro atoms. The summed E-state index contributed by atoms with van der Waals surface area (Å²) in [6, 6.07) is 0. The quantitative estimate of drug-likeness (QED) is 0.413. The molecule has 0 aromatic carbocycles. The van der Waals surface area contributed by atoms with Gasteiger partial charge in [-0.3, -0.25) is 4.79 Å². The van der Waals surface area contributed by atoms with E-state index in [1.165, 1.54) is 6.92 Å². The van der Waals surface area contributed by atoms with Crippen LogP contribution in [0.3, 0.4) is 0 Å². The Balaban J connectivity index is 5.23. The molecule has 0 saturated carbocycles. The summed E-state index contributed by atoms with van der Waals surface area (Å²) in [5.74, 6) is 0.0339. The Morgan fingerprint density at radius 1 is 1.20 bits per heavy atom. The summed E-state index contributed by atoms with van der Waals surface area (Å²) in [5.41, 5.74) is 0. The molecular formula is C21H38O4. The molecule has 4 nitrogen and oxygen atoms in total. The van der Waals surface area contributed by atoms with Crippen molar-refractivity contribution in [1.82, 2.24) is 0 Å². The molecule has 0 fully saturated rings. The summed E-state index contributed by atoms with van der Waals surface area (Å²) in [7, 11) is 1.70. The Morgan fingerprint density at radius 2 is 1.84 bits per heavy atom. The van der Waals surface area contributed by atoms with Crippen molar-refractivity contribution in [3.63, 3.8) is 0 Å². The van der Waals surface area contributed by atoms with Crippen LogP contribution in [0.4, 0.5) is 0 Å². The van der Waals surface area contributed by atoms with Crippen molar-refractivity contribution in [2.24, 2.45) is 17.8 Å². The SMILES string of the molecule is CC=C[C@@H](CC)[C@H](O)C[C@@H](OC(C)=O)[C@H](C)[C@H](OC)[C@@H](C)C/C=C/C. The van der Waals surface area contributed by atoms with Gasteiger partial charge in [0.1, 0.15) is 6.10 Å². The first-order valence-corrected chi connectivity index (χ1v) is 9.44. The molecule has 0 bridgehead atoms. The minimum absolute atomic E-state index is 0.00748. The summed E-state index contributed by atoms with van der Waals surface area (Å²) >= 11 is 0. The predicted molar refractivity (Wildman–Crippen MR) is 103 cm³/mol. The molecule has 0 heterocycles. The van der Waals surface area contributed by atoms with E-state index in [1.807, 2.05) is 39.0 Å². The maximum absolute atomic E-state index is 11.6. The van der Waals surface area contributed by atoms with Gasteiger partial charge in [0.2, 0.25) is 0 Å². The highest BCUT2D eigenvalue weighted by molar-refractivity contribution is 5.66. The van der Waals surface area contributed by atoms with E-state index < -0.39 is 6.10 Å². The van der Waals surface area contributed by atoms with Crippen LogP contribution < -0.4 is 0 Å². The zero-order valence-corrected chi connectivity index (χ0v) is 17.1. The highest BCUT2D eigenvalue weighted by atomic mass is 16.5. The normalized spacial score (nSPS) is 19.5. The van der Waals surface area contributed by atoms with Gasteiger partial charge < -0.3 is 14.6 Å². The number of rotatable bonds is 12. The van der Waals surface area contributed by atoms with Gasteiger partial charge >= 0.3 is 5.97 Å². The van der Waals surface area contributed by atoms with E-state index >= 15 is 0 Å². The van der Waals surface area contributed by atoms with Crippen molar-refractivity contribution in [3.8, 4) is 0 Å². The van der Waals surface area contributed by atoms with Crippen LogP contribution in [0.15, 0.2) is 24.3 Å². The molecule has 25 heavy (non-hydrogen) atoms. The molecule has 0 radical (unpaired) electrons. The maximum Gasteiger partial charge on any atom is 0.302 e. The first-order chi connectivity index (χ1) is 11.8. The fraction of sp³-hybridized carbons (Fsp3) is 0.762. The summed E-state index contributed by atoms with van der Waals surface area (Å²) in [4.78, 5) is 11.6. The fourth-order valence-electron chi connectivity index (χ4n) is 3.44. The number of hydrogen-bond acceptors (Lipinski definition) is 4. The van der Waals surface area contributed by atoms with Crippen molar-refractivity contribution in [2.75, 3.05) is 7.11 Å².